The molecule has 4 rings (SSSR count). The van der Waals surface area contributed by atoms with E-state index in [1.165, 1.54) is 0 Å². The fraction of sp³-hybridized carbons (Fsp3) is 0.154. The molecule has 0 aliphatic carbocycles. The minimum atomic E-state index is -0.816. The van der Waals surface area contributed by atoms with Gasteiger partial charge in [-0.2, -0.15) is 0 Å². The highest BCUT2D eigenvalue weighted by molar-refractivity contribution is 6.32. The monoisotopic (exact) mass is 447 g/mol. The van der Waals surface area contributed by atoms with Gasteiger partial charge in [0.25, 0.3) is 5.91 Å². The third-order valence-electron chi connectivity index (χ3n) is 5.18. The molecule has 1 N–H and O–H groups in total. The number of ketones is 1. The van der Waals surface area contributed by atoms with Gasteiger partial charge in [0.05, 0.1) is 5.69 Å². The number of aryl methyl sites for hydroxylation is 2. The summed E-state index contributed by atoms with van der Waals surface area (Å²) in [4.78, 5) is 26.1. The van der Waals surface area contributed by atoms with Crippen LogP contribution in [0, 0.1) is 13.8 Å². The predicted octanol–water partition coefficient (Wildman–Crippen LogP) is 6.34. The van der Waals surface area contributed by atoms with E-state index in [9.17, 15) is 9.59 Å². The van der Waals surface area contributed by atoms with Crippen LogP contribution in [0.25, 0.3) is 11.0 Å². The number of ether oxygens (including phenoxy) is 1. The molecule has 32 heavy (non-hydrogen) atoms. The molecule has 0 unspecified atom stereocenters. The standard InChI is InChI=1S/C26H22ClNO4/c1-15-13-19(14-16(2)22(15)27)31-17(3)26(30)28-23-20-11-7-8-12-21(20)32-25(23)24(29)18-9-5-4-6-10-18/h4-14,17H,1-3H3,(H,28,30)/t17-/m1/s1. The number of hydrogen-bond donors (Lipinski definition) is 1. The minimum Gasteiger partial charge on any atom is -0.481 e. The molecule has 0 aliphatic heterocycles. The molecule has 1 atom stereocenters. The minimum absolute atomic E-state index is 0.0798. The van der Waals surface area contributed by atoms with Gasteiger partial charge in [-0.3, -0.25) is 9.59 Å². The van der Waals surface area contributed by atoms with Crippen LogP contribution in [0.2, 0.25) is 5.02 Å². The van der Waals surface area contributed by atoms with Crippen LogP contribution >= 0.6 is 11.6 Å². The van der Waals surface area contributed by atoms with Gasteiger partial charge in [-0.25, -0.2) is 0 Å². The summed E-state index contributed by atoms with van der Waals surface area (Å²) in [5, 5.41) is 4.15. The number of hydrogen-bond acceptors (Lipinski definition) is 4. The number of carbonyl (C=O) groups excluding carboxylic acids is 2. The van der Waals surface area contributed by atoms with Crippen LogP contribution in [0.5, 0.6) is 5.75 Å². The van der Waals surface area contributed by atoms with Gasteiger partial charge < -0.3 is 14.5 Å². The number of halogens is 1. The van der Waals surface area contributed by atoms with E-state index in [2.05, 4.69) is 5.32 Å². The van der Waals surface area contributed by atoms with Gasteiger partial charge in [0, 0.05) is 16.0 Å². The zero-order chi connectivity index (χ0) is 22.8. The van der Waals surface area contributed by atoms with E-state index in [1.807, 2.05) is 32.0 Å². The molecule has 0 aliphatic rings. The highest BCUT2D eigenvalue weighted by atomic mass is 35.5. The first-order valence-corrected chi connectivity index (χ1v) is 10.6. The van der Waals surface area contributed by atoms with Gasteiger partial charge in [-0.05, 0) is 56.2 Å². The smallest absolute Gasteiger partial charge is 0.265 e. The normalized spacial score (nSPS) is 11.9. The SMILES string of the molecule is Cc1cc(O[C@H](C)C(=O)Nc2c(C(=O)c3ccccc3)oc3ccccc23)cc(C)c1Cl. The number of furan rings is 1. The maximum atomic E-state index is 13.1. The van der Waals surface area contributed by atoms with Gasteiger partial charge in [0.15, 0.2) is 11.9 Å². The van der Waals surface area contributed by atoms with E-state index in [-0.39, 0.29) is 11.5 Å². The topological polar surface area (TPSA) is 68.5 Å². The second-order valence-corrected chi connectivity index (χ2v) is 8.00. The Morgan fingerprint density at radius 1 is 0.969 bits per heavy atom. The van der Waals surface area contributed by atoms with Gasteiger partial charge >= 0.3 is 0 Å². The lowest BCUT2D eigenvalue weighted by atomic mass is 10.1. The van der Waals surface area contributed by atoms with Crippen molar-refractivity contribution in [1.29, 1.82) is 0 Å². The number of anilines is 1. The summed E-state index contributed by atoms with van der Waals surface area (Å²) < 4.78 is 11.7. The molecular weight excluding hydrogens is 426 g/mol. The number of benzene rings is 3. The van der Waals surface area contributed by atoms with Crippen LogP contribution in [0.15, 0.2) is 71.1 Å². The largest absolute Gasteiger partial charge is 0.481 e. The number of nitrogens with one attached hydrogen (secondary N) is 1. The van der Waals surface area contributed by atoms with Crippen molar-refractivity contribution in [2.24, 2.45) is 0 Å². The first-order chi connectivity index (χ1) is 15.3. The Kier molecular flexibility index (Phi) is 6.01. The third-order valence-corrected chi connectivity index (χ3v) is 5.77. The fourth-order valence-electron chi connectivity index (χ4n) is 3.51. The summed E-state index contributed by atoms with van der Waals surface area (Å²) in [5.41, 5.74) is 3.05. The van der Waals surface area contributed by atoms with Crippen molar-refractivity contribution in [2.75, 3.05) is 5.32 Å². The fourth-order valence-corrected chi connectivity index (χ4v) is 3.62. The Morgan fingerprint density at radius 3 is 2.28 bits per heavy atom. The Bertz CT molecular complexity index is 1290. The molecular formula is C26H22ClNO4. The summed E-state index contributed by atoms with van der Waals surface area (Å²) in [6.45, 7) is 5.41. The molecule has 1 amide bonds. The molecule has 0 saturated carbocycles. The Morgan fingerprint density at radius 2 is 1.59 bits per heavy atom. The molecule has 0 radical (unpaired) electrons. The van der Waals surface area contributed by atoms with E-state index >= 15 is 0 Å². The summed E-state index contributed by atoms with van der Waals surface area (Å²) >= 11 is 6.22. The molecule has 5 nitrogen and oxygen atoms in total. The maximum absolute atomic E-state index is 13.1. The van der Waals surface area contributed by atoms with E-state index in [4.69, 9.17) is 20.8 Å². The average Bonchev–Trinajstić information content (AvgIpc) is 3.15. The highest BCUT2D eigenvalue weighted by Crippen LogP contribution is 2.33. The van der Waals surface area contributed by atoms with E-state index in [1.54, 1.807) is 55.5 Å². The van der Waals surface area contributed by atoms with Crippen LogP contribution in [0.4, 0.5) is 5.69 Å². The molecule has 3 aromatic carbocycles. The zero-order valence-corrected chi connectivity index (χ0v) is 18.7. The van der Waals surface area contributed by atoms with Crippen molar-refractivity contribution in [3.63, 3.8) is 0 Å². The zero-order valence-electron chi connectivity index (χ0n) is 17.9. The average molecular weight is 448 g/mol. The molecule has 1 aromatic heterocycles. The summed E-state index contributed by atoms with van der Waals surface area (Å²) in [7, 11) is 0. The van der Waals surface area contributed by atoms with Crippen LogP contribution in [0.1, 0.15) is 34.2 Å². The lowest BCUT2D eigenvalue weighted by molar-refractivity contribution is -0.122. The number of para-hydroxylation sites is 1. The van der Waals surface area contributed by atoms with E-state index in [0.29, 0.717) is 33.0 Å². The van der Waals surface area contributed by atoms with Crippen LogP contribution < -0.4 is 10.1 Å². The lowest BCUT2D eigenvalue weighted by Crippen LogP contribution is -2.30. The first-order valence-electron chi connectivity index (χ1n) is 10.2. The first kappa shape index (κ1) is 21.7. The van der Waals surface area contributed by atoms with Gasteiger partial charge in [0.2, 0.25) is 5.78 Å². The van der Waals surface area contributed by atoms with E-state index in [0.717, 1.165) is 11.1 Å². The third kappa shape index (κ3) is 4.25. The van der Waals surface area contributed by atoms with Crippen molar-refractivity contribution >= 4 is 39.9 Å². The van der Waals surface area contributed by atoms with E-state index < -0.39 is 12.0 Å². The molecule has 6 heteroatoms. The van der Waals surface area contributed by atoms with Gasteiger partial charge in [-0.15, -0.1) is 0 Å². The Hall–Kier alpha value is -3.57. The van der Waals surface area contributed by atoms with Crippen molar-refractivity contribution in [1.82, 2.24) is 0 Å². The molecule has 4 aromatic rings. The number of rotatable bonds is 6. The molecule has 162 valence electrons. The van der Waals surface area contributed by atoms with Crippen molar-refractivity contribution in [3.8, 4) is 5.75 Å². The van der Waals surface area contributed by atoms with Gasteiger partial charge in [-0.1, -0.05) is 54.1 Å². The second kappa shape index (κ2) is 8.89. The molecule has 0 spiro atoms. The summed E-state index contributed by atoms with van der Waals surface area (Å²) in [6, 6.07) is 19.6. The van der Waals surface area contributed by atoms with Gasteiger partial charge in [0.1, 0.15) is 11.3 Å². The highest BCUT2D eigenvalue weighted by Gasteiger charge is 2.25. The van der Waals surface area contributed by atoms with Crippen molar-refractivity contribution in [2.45, 2.75) is 26.9 Å². The van der Waals surface area contributed by atoms with Crippen LogP contribution in [-0.2, 0) is 4.79 Å². The van der Waals surface area contributed by atoms with Crippen LogP contribution in [-0.4, -0.2) is 17.8 Å². The second-order valence-electron chi connectivity index (χ2n) is 7.62. The Balaban J connectivity index is 1.63. The van der Waals surface area contributed by atoms with Crippen molar-refractivity contribution in [3.05, 3.63) is 94.2 Å². The molecule has 0 bridgehead atoms. The summed E-state index contributed by atoms with van der Waals surface area (Å²) in [5.74, 6) is -0.0839. The quantitative estimate of drug-likeness (QED) is 0.350. The number of carbonyl (C=O) groups is 2. The van der Waals surface area contributed by atoms with Crippen molar-refractivity contribution < 1.29 is 18.7 Å². The lowest BCUT2D eigenvalue weighted by Gasteiger charge is -2.16. The number of fused-ring (bicyclic) bond motifs is 1. The summed E-state index contributed by atoms with van der Waals surface area (Å²) in [6.07, 6.45) is -0.816. The Labute approximate surface area is 191 Å². The molecule has 0 fully saturated rings. The maximum Gasteiger partial charge on any atom is 0.265 e. The molecule has 1 heterocycles. The predicted molar refractivity (Wildman–Crippen MR) is 126 cm³/mol. The van der Waals surface area contributed by atoms with Crippen LogP contribution in [0.3, 0.4) is 0 Å². The number of amides is 1. The molecule has 0 saturated heterocycles.